The zero-order chi connectivity index (χ0) is 15.3. The molecule has 1 aromatic carbocycles. The first-order valence-corrected chi connectivity index (χ1v) is 7.64. The number of aliphatic carboxylic acids is 1. The minimum Gasteiger partial charge on any atom is -0.481 e. The highest BCUT2D eigenvalue weighted by Gasteiger charge is 2.44. The molecule has 4 nitrogen and oxygen atoms in total. The Morgan fingerprint density at radius 1 is 1.29 bits per heavy atom. The van der Waals surface area contributed by atoms with E-state index in [1.807, 2.05) is 30.3 Å². The van der Waals surface area contributed by atoms with E-state index < -0.39 is 11.4 Å². The Morgan fingerprint density at radius 3 is 2.48 bits per heavy atom. The zero-order valence-corrected chi connectivity index (χ0v) is 12.8. The highest BCUT2D eigenvalue weighted by atomic mass is 16.6. The lowest BCUT2D eigenvalue weighted by Crippen LogP contribution is -2.46. The molecule has 0 amide bonds. The summed E-state index contributed by atoms with van der Waals surface area (Å²) >= 11 is 0. The van der Waals surface area contributed by atoms with Gasteiger partial charge in [0.25, 0.3) is 0 Å². The number of hydroxylamine groups is 1. The Morgan fingerprint density at radius 2 is 1.90 bits per heavy atom. The summed E-state index contributed by atoms with van der Waals surface area (Å²) < 4.78 is 0. The summed E-state index contributed by atoms with van der Waals surface area (Å²) in [6.45, 7) is 5.09. The number of hydrogen-bond acceptors (Lipinski definition) is 3. The molecule has 2 unspecified atom stereocenters. The molecule has 1 aliphatic rings. The fraction of sp³-hybridized carbons (Fsp3) is 0.588. The van der Waals surface area contributed by atoms with Crippen LogP contribution in [0.1, 0.15) is 38.7 Å². The van der Waals surface area contributed by atoms with Gasteiger partial charge in [-0.1, -0.05) is 44.2 Å². The lowest BCUT2D eigenvalue weighted by atomic mass is 9.66. The Bertz CT molecular complexity index is 450. The summed E-state index contributed by atoms with van der Waals surface area (Å²) in [5.41, 5.74) is 3.25. The number of nitrogens with one attached hydrogen (secondary N) is 1. The molecule has 0 aliphatic heterocycles. The van der Waals surface area contributed by atoms with E-state index in [-0.39, 0.29) is 0 Å². The molecule has 1 aromatic rings. The van der Waals surface area contributed by atoms with Gasteiger partial charge in [0.05, 0.1) is 12.0 Å². The zero-order valence-electron chi connectivity index (χ0n) is 12.8. The summed E-state index contributed by atoms with van der Waals surface area (Å²) in [6.07, 6.45) is 2.54. The molecular formula is C17H25NO3. The van der Waals surface area contributed by atoms with Gasteiger partial charge in [-0.05, 0) is 36.7 Å². The average Bonchev–Trinajstić information content (AvgIpc) is 2.43. The maximum Gasteiger partial charge on any atom is 0.311 e. The van der Waals surface area contributed by atoms with Crippen molar-refractivity contribution in [1.29, 1.82) is 0 Å². The first-order chi connectivity index (χ1) is 10.0. The number of carbonyl (C=O) groups is 1. The van der Waals surface area contributed by atoms with Crippen LogP contribution in [-0.4, -0.2) is 17.6 Å². The fourth-order valence-corrected chi connectivity index (χ4v) is 3.56. The number of benzene rings is 1. The van der Waals surface area contributed by atoms with Gasteiger partial charge in [0, 0.05) is 6.54 Å². The molecule has 4 heteroatoms. The molecule has 0 spiro atoms. The summed E-state index contributed by atoms with van der Waals surface area (Å²) in [4.78, 5) is 17.2. The van der Waals surface area contributed by atoms with Crippen LogP contribution < -0.4 is 5.48 Å². The second-order valence-electron chi connectivity index (χ2n) is 6.54. The standard InChI is InChI=1S/C17H25NO3/c1-13-8-14(2)10-17(9-13,16(19)20)12-18-21-11-15-6-4-3-5-7-15/h3-7,13-14,18H,8-12H2,1-2H3,(H,19,20). The van der Waals surface area contributed by atoms with E-state index in [1.165, 1.54) is 0 Å². The molecule has 0 aromatic heterocycles. The van der Waals surface area contributed by atoms with Gasteiger partial charge in [0.15, 0.2) is 0 Å². The summed E-state index contributed by atoms with van der Waals surface area (Å²) in [7, 11) is 0. The maximum absolute atomic E-state index is 11.7. The van der Waals surface area contributed by atoms with E-state index in [2.05, 4.69) is 19.3 Å². The van der Waals surface area contributed by atoms with Crippen LogP contribution in [0.2, 0.25) is 0 Å². The van der Waals surface area contributed by atoms with Gasteiger partial charge < -0.3 is 5.11 Å². The molecule has 1 saturated carbocycles. The number of carboxylic acids is 1. The van der Waals surface area contributed by atoms with Crippen molar-refractivity contribution in [2.24, 2.45) is 17.3 Å². The molecule has 0 saturated heterocycles. The molecule has 116 valence electrons. The molecule has 2 N–H and O–H groups in total. The van der Waals surface area contributed by atoms with Gasteiger partial charge in [0.1, 0.15) is 0 Å². The summed E-state index contributed by atoms with van der Waals surface area (Å²) in [5, 5.41) is 9.65. The lowest BCUT2D eigenvalue weighted by Gasteiger charge is -2.39. The fourth-order valence-electron chi connectivity index (χ4n) is 3.56. The average molecular weight is 291 g/mol. The second kappa shape index (κ2) is 7.05. The molecule has 1 fully saturated rings. The third-order valence-corrected chi connectivity index (χ3v) is 4.33. The Balaban J connectivity index is 1.87. The van der Waals surface area contributed by atoms with E-state index in [4.69, 9.17) is 4.84 Å². The van der Waals surface area contributed by atoms with E-state index in [1.54, 1.807) is 0 Å². The van der Waals surface area contributed by atoms with Gasteiger partial charge in [-0.2, -0.15) is 0 Å². The highest BCUT2D eigenvalue weighted by Crippen LogP contribution is 2.42. The number of rotatable bonds is 6. The lowest BCUT2D eigenvalue weighted by molar-refractivity contribution is -0.155. The predicted molar refractivity (Wildman–Crippen MR) is 81.5 cm³/mol. The molecule has 0 bridgehead atoms. The van der Waals surface area contributed by atoms with Crippen molar-refractivity contribution in [3.05, 3.63) is 35.9 Å². The Hall–Kier alpha value is -1.39. The van der Waals surface area contributed by atoms with Gasteiger partial charge in [0.2, 0.25) is 0 Å². The van der Waals surface area contributed by atoms with Crippen LogP contribution in [0.15, 0.2) is 30.3 Å². The van der Waals surface area contributed by atoms with Crippen LogP contribution in [0.4, 0.5) is 0 Å². The van der Waals surface area contributed by atoms with Crippen LogP contribution in [0.25, 0.3) is 0 Å². The Kier molecular flexibility index (Phi) is 5.37. The normalized spacial score (nSPS) is 29.2. The topological polar surface area (TPSA) is 58.6 Å². The van der Waals surface area contributed by atoms with E-state index in [0.29, 0.717) is 37.8 Å². The van der Waals surface area contributed by atoms with Gasteiger partial charge in [-0.15, -0.1) is 0 Å². The molecule has 0 heterocycles. The molecule has 21 heavy (non-hydrogen) atoms. The van der Waals surface area contributed by atoms with Crippen LogP contribution in [0, 0.1) is 17.3 Å². The van der Waals surface area contributed by atoms with Crippen LogP contribution in [-0.2, 0) is 16.2 Å². The molecule has 2 atom stereocenters. The van der Waals surface area contributed by atoms with Crippen molar-refractivity contribution in [3.63, 3.8) is 0 Å². The summed E-state index contributed by atoms with van der Waals surface area (Å²) in [5.74, 6) is 0.179. The van der Waals surface area contributed by atoms with Crippen LogP contribution in [0.3, 0.4) is 0 Å². The maximum atomic E-state index is 11.7. The van der Waals surface area contributed by atoms with Crippen molar-refractivity contribution in [2.75, 3.05) is 6.54 Å². The summed E-state index contributed by atoms with van der Waals surface area (Å²) in [6, 6.07) is 9.85. The van der Waals surface area contributed by atoms with Gasteiger partial charge in [-0.25, -0.2) is 5.48 Å². The highest BCUT2D eigenvalue weighted by molar-refractivity contribution is 5.75. The first-order valence-electron chi connectivity index (χ1n) is 7.64. The third-order valence-electron chi connectivity index (χ3n) is 4.33. The smallest absolute Gasteiger partial charge is 0.311 e. The van der Waals surface area contributed by atoms with E-state index >= 15 is 0 Å². The minimum absolute atomic E-state index is 0.365. The SMILES string of the molecule is CC1CC(C)CC(CNOCc2ccccc2)(C(=O)O)C1. The van der Waals surface area contributed by atoms with Crippen molar-refractivity contribution >= 4 is 5.97 Å². The van der Waals surface area contributed by atoms with Crippen LogP contribution >= 0.6 is 0 Å². The van der Waals surface area contributed by atoms with Crippen molar-refractivity contribution in [2.45, 2.75) is 39.7 Å². The molecule has 0 radical (unpaired) electrons. The molecule has 1 aliphatic carbocycles. The van der Waals surface area contributed by atoms with Crippen LogP contribution in [0.5, 0.6) is 0 Å². The number of carboxylic acid groups (broad SMARTS) is 1. The van der Waals surface area contributed by atoms with E-state index in [9.17, 15) is 9.90 Å². The van der Waals surface area contributed by atoms with Crippen molar-refractivity contribution < 1.29 is 14.7 Å². The predicted octanol–water partition coefficient (Wildman–Crippen LogP) is 3.23. The second-order valence-corrected chi connectivity index (χ2v) is 6.54. The largest absolute Gasteiger partial charge is 0.481 e. The first kappa shape index (κ1) is 16.0. The monoisotopic (exact) mass is 291 g/mol. The minimum atomic E-state index is -0.711. The van der Waals surface area contributed by atoms with Gasteiger partial charge in [-0.3, -0.25) is 9.63 Å². The quantitative estimate of drug-likeness (QED) is 0.624. The Labute approximate surface area is 126 Å². The van der Waals surface area contributed by atoms with Gasteiger partial charge >= 0.3 is 5.97 Å². The number of hydrogen-bond donors (Lipinski definition) is 2. The van der Waals surface area contributed by atoms with Crippen molar-refractivity contribution in [1.82, 2.24) is 5.48 Å². The molecular weight excluding hydrogens is 266 g/mol. The third kappa shape index (κ3) is 4.29. The molecule has 2 rings (SSSR count). The van der Waals surface area contributed by atoms with E-state index in [0.717, 1.165) is 12.0 Å². The van der Waals surface area contributed by atoms with Crippen molar-refractivity contribution in [3.8, 4) is 0 Å².